The van der Waals surface area contributed by atoms with Crippen molar-refractivity contribution in [3.05, 3.63) is 70.2 Å². The monoisotopic (exact) mass is 298 g/mol. The molecule has 0 saturated heterocycles. The molecule has 2 aromatic carbocycles. The van der Waals surface area contributed by atoms with Crippen LogP contribution in [0.2, 0.25) is 5.02 Å². The predicted octanol–water partition coefficient (Wildman–Crippen LogP) is 3.46. The van der Waals surface area contributed by atoms with Gasteiger partial charge in [-0.25, -0.2) is 0 Å². The van der Waals surface area contributed by atoms with Gasteiger partial charge in [-0.15, -0.1) is 0 Å². The fraction of sp³-hybridized carbons (Fsp3) is 0.176. The highest BCUT2D eigenvalue weighted by Crippen LogP contribution is 2.14. The summed E-state index contributed by atoms with van der Waals surface area (Å²) < 4.78 is 0. The molecule has 0 aromatic heterocycles. The number of amides is 1. The average Bonchev–Trinajstić information content (AvgIpc) is 2.52. The molecule has 1 N–H and O–H groups in total. The van der Waals surface area contributed by atoms with E-state index in [9.17, 15) is 4.79 Å². The Hall–Kier alpha value is -2.31. The minimum absolute atomic E-state index is 0.0146. The molecule has 0 spiro atoms. The summed E-state index contributed by atoms with van der Waals surface area (Å²) in [5.74, 6) is -0.0146. The van der Waals surface area contributed by atoms with E-state index in [-0.39, 0.29) is 5.91 Å². The molecule has 2 rings (SSSR count). The van der Waals surface area contributed by atoms with Crippen LogP contribution in [-0.2, 0) is 17.8 Å². The summed E-state index contributed by atoms with van der Waals surface area (Å²) in [6, 6.07) is 16.8. The van der Waals surface area contributed by atoms with Crippen molar-refractivity contribution in [1.29, 1.82) is 5.26 Å². The van der Waals surface area contributed by atoms with Gasteiger partial charge in [-0.05, 0) is 35.7 Å². The van der Waals surface area contributed by atoms with Crippen LogP contribution in [0.1, 0.15) is 23.1 Å². The molecular weight excluding hydrogens is 284 g/mol. The van der Waals surface area contributed by atoms with Crippen molar-refractivity contribution >= 4 is 17.5 Å². The van der Waals surface area contributed by atoms with E-state index in [4.69, 9.17) is 16.9 Å². The predicted molar refractivity (Wildman–Crippen MR) is 82.8 cm³/mol. The van der Waals surface area contributed by atoms with Crippen molar-refractivity contribution in [2.24, 2.45) is 0 Å². The standard InChI is InChI=1S/C17H15ClN2O/c18-16-4-2-1-3-15(16)12-20-17(21)10-9-13-5-7-14(11-19)8-6-13/h1-8H,9-10,12H2,(H,20,21). The van der Waals surface area contributed by atoms with E-state index in [1.54, 1.807) is 18.2 Å². The number of nitrogens with zero attached hydrogens (tertiary/aromatic N) is 1. The van der Waals surface area contributed by atoms with Crippen LogP contribution >= 0.6 is 11.6 Å². The first-order valence-electron chi connectivity index (χ1n) is 6.68. The Morgan fingerprint density at radius 2 is 1.86 bits per heavy atom. The number of carbonyl (C=O) groups is 1. The first kappa shape index (κ1) is 15.1. The second kappa shape index (κ2) is 7.47. The minimum atomic E-state index is -0.0146. The summed E-state index contributed by atoms with van der Waals surface area (Å²) in [5, 5.41) is 12.2. The number of aryl methyl sites for hydroxylation is 1. The Labute approximate surface area is 129 Å². The lowest BCUT2D eigenvalue weighted by Crippen LogP contribution is -2.23. The molecule has 2 aromatic rings. The van der Waals surface area contributed by atoms with Gasteiger partial charge in [0.25, 0.3) is 0 Å². The van der Waals surface area contributed by atoms with Gasteiger partial charge in [-0.2, -0.15) is 5.26 Å². The first-order chi connectivity index (χ1) is 10.2. The maximum absolute atomic E-state index is 11.8. The van der Waals surface area contributed by atoms with Gasteiger partial charge in [0.2, 0.25) is 5.91 Å². The third-order valence-electron chi connectivity index (χ3n) is 3.16. The van der Waals surface area contributed by atoms with Gasteiger partial charge < -0.3 is 5.32 Å². The molecule has 21 heavy (non-hydrogen) atoms. The van der Waals surface area contributed by atoms with Crippen LogP contribution in [-0.4, -0.2) is 5.91 Å². The number of carbonyl (C=O) groups excluding carboxylic acids is 1. The Bertz CT molecular complexity index is 659. The number of nitriles is 1. The van der Waals surface area contributed by atoms with Crippen LogP contribution in [0, 0.1) is 11.3 Å². The summed E-state index contributed by atoms with van der Waals surface area (Å²) >= 11 is 6.03. The third kappa shape index (κ3) is 4.62. The Kier molecular flexibility index (Phi) is 5.36. The summed E-state index contributed by atoms with van der Waals surface area (Å²) in [6.07, 6.45) is 1.07. The van der Waals surface area contributed by atoms with Crippen LogP contribution in [0.3, 0.4) is 0 Å². The number of hydrogen-bond donors (Lipinski definition) is 1. The summed E-state index contributed by atoms with van der Waals surface area (Å²) in [6.45, 7) is 0.436. The van der Waals surface area contributed by atoms with Crippen molar-refractivity contribution in [1.82, 2.24) is 5.32 Å². The SMILES string of the molecule is N#Cc1ccc(CCC(=O)NCc2ccccc2Cl)cc1. The zero-order valence-corrected chi connectivity index (χ0v) is 12.2. The number of hydrogen-bond acceptors (Lipinski definition) is 2. The number of nitrogens with one attached hydrogen (secondary N) is 1. The number of halogens is 1. The molecule has 0 fully saturated rings. The fourth-order valence-electron chi connectivity index (χ4n) is 1.93. The second-order valence-corrected chi connectivity index (χ2v) is 5.08. The second-order valence-electron chi connectivity index (χ2n) is 4.68. The molecule has 0 saturated carbocycles. The molecule has 1 amide bonds. The quantitative estimate of drug-likeness (QED) is 0.919. The summed E-state index contributed by atoms with van der Waals surface area (Å²) in [5.41, 5.74) is 2.58. The molecule has 0 aliphatic rings. The highest BCUT2D eigenvalue weighted by molar-refractivity contribution is 6.31. The highest BCUT2D eigenvalue weighted by Gasteiger charge is 2.04. The van der Waals surface area contributed by atoms with Crippen molar-refractivity contribution in [2.75, 3.05) is 0 Å². The van der Waals surface area contributed by atoms with Crippen molar-refractivity contribution < 1.29 is 4.79 Å². The van der Waals surface area contributed by atoms with E-state index < -0.39 is 0 Å². The molecule has 106 valence electrons. The molecule has 0 aliphatic heterocycles. The highest BCUT2D eigenvalue weighted by atomic mass is 35.5. The fourth-order valence-corrected chi connectivity index (χ4v) is 2.13. The lowest BCUT2D eigenvalue weighted by molar-refractivity contribution is -0.121. The summed E-state index contributed by atoms with van der Waals surface area (Å²) in [4.78, 5) is 11.8. The van der Waals surface area contributed by atoms with E-state index in [0.717, 1.165) is 11.1 Å². The minimum Gasteiger partial charge on any atom is -0.352 e. The van der Waals surface area contributed by atoms with Crippen LogP contribution in [0.15, 0.2) is 48.5 Å². The smallest absolute Gasteiger partial charge is 0.220 e. The third-order valence-corrected chi connectivity index (χ3v) is 3.53. The van der Waals surface area contributed by atoms with Crippen molar-refractivity contribution in [2.45, 2.75) is 19.4 Å². The zero-order valence-electron chi connectivity index (χ0n) is 11.5. The molecule has 0 radical (unpaired) electrons. The van der Waals surface area contributed by atoms with Gasteiger partial charge in [0.15, 0.2) is 0 Å². The van der Waals surface area contributed by atoms with Crippen LogP contribution < -0.4 is 5.32 Å². The first-order valence-corrected chi connectivity index (χ1v) is 7.06. The molecule has 3 nitrogen and oxygen atoms in total. The van der Waals surface area contributed by atoms with Gasteiger partial charge in [0, 0.05) is 18.0 Å². The van der Waals surface area contributed by atoms with Gasteiger partial charge in [-0.3, -0.25) is 4.79 Å². The van der Waals surface area contributed by atoms with Crippen LogP contribution in [0.5, 0.6) is 0 Å². The zero-order chi connectivity index (χ0) is 15.1. The molecule has 0 bridgehead atoms. The molecular formula is C17H15ClN2O. The Morgan fingerprint density at radius 1 is 1.14 bits per heavy atom. The molecule has 0 aliphatic carbocycles. The molecule has 0 unspecified atom stereocenters. The molecule has 4 heteroatoms. The molecule has 0 heterocycles. The van der Waals surface area contributed by atoms with E-state index in [1.165, 1.54) is 0 Å². The number of rotatable bonds is 5. The summed E-state index contributed by atoms with van der Waals surface area (Å²) in [7, 11) is 0. The lowest BCUT2D eigenvalue weighted by atomic mass is 10.1. The average molecular weight is 299 g/mol. The van der Waals surface area contributed by atoms with E-state index >= 15 is 0 Å². The van der Waals surface area contributed by atoms with Gasteiger partial charge >= 0.3 is 0 Å². The van der Waals surface area contributed by atoms with E-state index in [1.807, 2.05) is 30.3 Å². The maximum atomic E-state index is 11.8. The van der Waals surface area contributed by atoms with Crippen LogP contribution in [0.4, 0.5) is 0 Å². The van der Waals surface area contributed by atoms with Crippen molar-refractivity contribution in [3.8, 4) is 6.07 Å². The Balaban J connectivity index is 1.79. The lowest BCUT2D eigenvalue weighted by Gasteiger charge is -2.07. The normalized spacial score (nSPS) is 9.90. The largest absolute Gasteiger partial charge is 0.352 e. The van der Waals surface area contributed by atoms with Crippen LogP contribution in [0.25, 0.3) is 0 Å². The van der Waals surface area contributed by atoms with Gasteiger partial charge in [0.1, 0.15) is 0 Å². The Morgan fingerprint density at radius 3 is 2.52 bits per heavy atom. The van der Waals surface area contributed by atoms with E-state index in [2.05, 4.69) is 11.4 Å². The maximum Gasteiger partial charge on any atom is 0.220 e. The van der Waals surface area contributed by atoms with E-state index in [0.29, 0.717) is 30.0 Å². The number of benzene rings is 2. The van der Waals surface area contributed by atoms with Gasteiger partial charge in [-0.1, -0.05) is 41.9 Å². The topological polar surface area (TPSA) is 52.9 Å². The molecule has 0 atom stereocenters. The van der Waals surface area contributed by atoms with Crippen molar-refractivity contribution in [3.63, 3.8) is 0 Å². The van der Waals surface area contributed by atoms with Gasteiger partial charge in [0.05, 0.1) is 11.6 Å².